The Morgan fingerprint density at radius 3 is 1.85 bits per heavy atom. The Bertz CT molecular complexity index is 771. The van der Waals surface area contributed by atoms with Crippen molar-refractivity contribution in [3.8, 4) is 0 Å². The van der Waals surface area contributed by atoms with E-state index in [1.807, 2.05) is 0 Å². The smallest absolute Gasteiger partial charge is 0.000639 e. The Kier molecular flexibility index (Phi) is 2.67. The fourth-order valence-electron chi connectivity index (χ4n) is 3.18. The molecule has 1 aliphatic rings. The van der Waals surface area contributed by atoms with E-state index < -0.39 is 0 Å². The monoisotopic (exact) mass is 256 g/mol. The molecule has 0 spiro atoms. The quantitative estimate of drug-likeness (QED) is 0.547. The highest BCUT2D eigenvalue weighted by atomic mass is 14.2. The van der Waals surface area contributed by atoms with Crippen molar-refractivity contribution in [3.63, 3.8) is 0 Å². The first kappa shape index (κ1) is 11.5. The largest absolute Gasteiger partial charge is 0.0773 e. The molecule has 0 fully saturated rings. The van der Waals surface area contributed by atoms with Gasteiger partial charge in [-0.25, -0.2) is 0 Å². The van der Waals surface area contributed by atoms with E-state index in [0.29, 0.717) is 5.92 Å². The number of fused-ring (bicyclic) bond motifs is 2. The molecule has 0 amide bonds. The molecule has 96 valence electrons. The minimum absolute atomic E-state index is 0.532. The van der Waals surface area contributed by atoms with Gasteiger partial charge in [-0.15, -0.1) is 0 Å². The number of hydrogen-bond acceptors (Lipinski definition) is 0. The second-order valence-corrected chi connectivity index (χ2v) is 5.44. The number of hydrogen-bond donors (Lipinski definition) is 0. The van der Waals surface area contributed by atoms with E-state index in [1.54, 1.807) is 0 Å². The molecule has 0 unspecified atom stereocenters. The normalized spacial score (nSPS) is 14.6. The molecule has 0 aromatic heterocycles. The van der Waals surface area contributed by atoms with Crippen molar-refractivity contribution >= 4 is 21.5 Å². The van der Waals surface area contributed by atoms with E-state index in [4.69, 9.17) is 0 Å². The van der Waals surface area contributed by atoms with Crippen LogP contribution in [0.15, 0.2) is 78.9 Å². The summed E-state index contributed by atoms with van der Waals surface area (Å²) in [7, 11) is 0. The molecule has 0 aliphatic heterocycles. The molecule has 20 heavy (non-hydrogen) atoms. The fourth-order valence-corrected chi connectivity index (χ4v) is 3.18. The van der Waals surface area contributed by atoms with Crippen molar-refractivity contribution in [2.75, 3.05) is 0 Å². The van der Waals surface area contributed by atoms with Gasteiger partial charge in [-0.3, -0.25) is 0 Å². The van der Waals surface area contributed by atoms with E-state index in [9.17, 15) is 0 Å². The Hall–Kier alpha value is -2.34. The molecule has 3 aromatic rings. The lowest BCUT2D eigenvalue weighted by atomic mass is 9.91. The highest BCUT2D eigenvalue weighted by molar-refractivity contribution is 6.02. The molecule has 0 N–H and O–H groups in total. The van der Waals surface area contributed by atoms with Gasteiger partial charge in [0.05, 0.1) is 0 Å². The Labute approximate surface area is 119 Å². The summed E-state index contributed by atoms with van der Waals surface area (Å²) in [5.74, 6) is 0.532. The molecule has 0 atom stereocenters. The van der Waals surface area contributed by atoms with Gasteiger partial charge in [-0.2, -0.15) is 0 Å². The van der Waals surface area contributed by atoms with E-state index in [-0.39, 0.29) is 0 Å². The Morgan fingerprint density at radius 1 is 0.700 bits per heavy atom. The van der Waals surface area contributed by atoms with Crippen LogP contribution in [0.2, 0.25) is 0 Å². The maximum atomic E-state index is 2.30. The minimum atomic E-state index is 0.532. The molecule has 0 radical (unpaired) electrons. The zero-order valence-corrected chi connectivity index (χ0v) is 11.3. The second kappa shape index (κ2) is 4.64. The zero-order chi connectivity index (χ0) is 13.4. The van der Waals surface area contributed by atoms with Crippen molar-refractivity contribution in [1.29, 1.82) is 0 Å². The lowest BCUT2D eigenvalue weighted by Crippen LogP contribution is -1.98. The minimum Gasteiger partial charge on any atom is -0.0773 e. The predicted molar refractivity (Wildman–Crippen MR) is 86.9 cm³/mol. The molecular weight excluding hydrogens is 240 g/mol. The summed E-state index contributed by atoms with van der Waals surface area (Å²) in [6, 6.07) is 19.7. The van der Waals surface area contributed by atoms with Gasteiger partial charge >= 0.3 is 0 Å². The molecule has 0 saturated heterocycles. The molecule has 0 nitrogen and oxygen atoms in total. The highest BCUT2D eigenvalue weighted by Crippen LogP contribution is 2.31. The molecule has 4 rings (SSSR count). The molecule has 0 heterocycles. The van der Waals surface area contributed by atoms with Crippen molar-refractivity contribution in [3.05, 3.63) is 84.5 Å². The van der Waals surface area contributed by atoms with Gasteiger partial charge in [-0.05, 0) is 45.5 Å². The standard InChI is InChI=1S/C20H16/c1-2-8-15(7-1)13-20-18-11-5-3-9-16(18)14-17-10-4-6-12-19(17)20/h1-12,14-15H,13H2. The van der Waals surface area contributed by atoms with Crippen molar-refractivity contribution < 1.29 is 0 Å². The third-order valence-corrected chi connectivity index (χ3v) is 4.15. The van der Waals surface area contributed by atoms with Crippen LogP contribution in [-0.4, -0.2) is 0 Å². The summed E-state index contributed by atoms with van der Waals surface area (Å²) < 4.78 is 0. The number of allylic oxidation sites excluding steroid dienone is 4. The summed E-state index contributed by atoms with van der Waals surface area (Å²) in [5.41, 5.74) is 1.47. The second-order valence-electron chi connectivity index (χ2n) is 5.44. The Morgan fingerprint density at radius 2 is 1.25 bits per heavy atom. The van der Waals surface area contributed by atoms with Crippen LogP contribution in [-0.2, 0) is 6.42 Å². The number of rotatable bonds is 2. The molecule has 1 aliphatic carbocycles. The fraction of sp³-hybridized carbons (Fsp3) is 0.100. The third-order valence-electron chi connectivity index (χ3n) is 4.15. The van der Waals surface area contributed by atoms with E-state index >= 15 is 0 Å². The summed E-state index contributed by atoms with van der Waals surface area (Å²) in [5, 5.41) is 5.46. The van der Waals surface area contributed by atoms with Gasteiger partial charge in [0.2, 0.25) is 0 Å². The van der Waals surface area contributed by atoms with E-state index in [1.165, 1.54) is 27.1 Å². The maximum absolute atomic E-state index is 2.30. The SMILES string of the molecule is C1=CC(Cc2c3ccccc3cc3ccccc23)C=C1. The van der Waals surface area contributed by atoms with Gasteiger partial charge in [0.25, 0.3) is 0 Å². The van der Waals surface area contributed by atoms with Crippen LogP contribution in [0, 0.1) is 5.92 Å². The third kappa shape index (κ3) is 1.85. The summed E-state index contributed by atoms with van der Waals surface area (Å²) >= 11 is 0. The highest BCUT2D eigenvalue weighted by Gasteiger charge is 2.11. The van der Waals surface area contributed by atoms with Crippen molar-refractivity contribution in [2.45, 2.75) is 6.42 Å². The van der Waals surface area contributed by atoms with Crippen LogP contribution in [0.3, 0.4) is 0 Å². The van der Waals surface area contributed by atoms with Gasteiger partial charge in [0, 0.05) is 0 Å². The summed E-state index contributed by atoms with van der Waals surface area (Å²) in [6.45, 7) is 0. The van der Waals surface area contributed by atoms with Crippen molar-refractivity contribution in [2.24, 2.45) is 5.92 Å². The van der Waals surface area contributed by atoms with Gasteiger partial charge in [0.15, 0.2) is 0 Å². The van der Waals surface area contributed by atoms with Crippen LogP contribution in [0.4, 0.5) is 0 Å². The van der Waals surface area contributed by atoms with Gasteiger partial charge in [-0.1, -0.05) is 72.8 Å². The zero-order valence-electron chi connectivity index (χ0n) is 11.3. The first-order valence-corrected chi connectivity index (χ1v) is 7.16. The van der Waals surface area contributed by atoms with Crippen molar-refractivity contribution in [1.82, 2.24) is 0 Å². The average molecular weight is 256 g/mol. The first-order chi connectivity index (χ1) is 9.92. The molecule has 0 bridgehead atoms. The van der Waals surface area contributed by atoms with Crippen LogP contribution >= 0.6 is 0 Å². The summed E-state index contributed by atoms with van der Waals surface area (Å²) in [6.07, 6.45) is 9.96. The predicted octanol–water partition coefficient (Wildman–Crippen LogP) is 5.28. The maximum Gasteiger partial charge on any atom is -0.000639 e. The molecular formula is C20H16. The van der Waals surface area contributed by atoms with Gasteiger partial charge < -0.3 is 0 Å². The molecule has 0 saturated carbocycles. The average Bonchev–Trinajstić information content (AvgIpc) is 3.00. The van der Waals surface area contributed by atoms with Crippen LogP contribution in [0.1, 0.15) is 5.56 Å². The molecule has 0 heteroatoms. The lowest BCUT2D eigenvalue weighted by molar-refractivity contribution is 0.827. The topological polar surface area (TPSA) is 0 Å². The van der Waals surface area contributed by atoms with E-state index in [2.05, 4.69) is 78.9 Å². The van der Waals surface area contributed by atoms with Crippen LogP contribution in [0.25, 0.3) is 21.5 Å². The van der Waals surface area contributed by atoms with Crippen LogP contribution in [0.5, 0.6) is 0 Å². The summed E-state index contributed by atoms with van der Waals surface area (Å²) in [4.78, 5) is 0. The number of benzene rings is 3. The van der Waals surface area contributed by atoms with E-state index in [0.717, 1.165) is 6.42 Å². The first-order valence-electron chi connectivity index (χ1n) is 7.16. The van der Waals surface area contributed by atoms with Crippen LogP contribution < -0.4 is 0 Å². The lowest BCUT2D eigenvalue weighted by Gasteiger charge is -2.13. The van der Waals surface area contributed by atoms with Gasteiger partial charge in [0.1, 0.15) is 0 Å². The molecule has 3 aromatic carbocycles. The Balaban J connectivity index is 2.01.